The van der Waals surface area contributed by atoms with Crippen LogP contribution in [0.5, 0.6) is 0 Å². The first-order valence-corrected chi connectivity index (χ1v) is 5.56. The van der Waals surface area contributed by atoms with E-state index >= 15 is 0 Å². The summed E-state index contributed by atoms with van der Waals surface area (Å²) < 4.78 is 1.63. The van der Waals surface area contributed by atoms with Gasteiger partial charge in [-0.05, 0) is 31.2 Å². The van der Waals surface area contributed by atoms with Gasteiger partial charge >= 0.3 is 5.97 Å². The number of hydrogen-bond acceptors (Lipinski definition) is 3. The van der Waals surface area contributed by atoms with Gasteiger partial charge in [-0.25, -0.2) is 9.48 Å². The monoisotopic (exact) mass is 245 g/mol. The third-order valence-electron chi connectivity index (χ3n) is 2.85. The summed E-state index contributed by atoms with van der Waals surface area (Å²) in [4.78, 5) is 13.0. The molecule has 1 aromatic carbocycles. The molecule has 0 bridgehead atoms. The molecule has 2 rings (SSSR count). The zero-order valence-electron chi connectivity index (χ0n) is 10.6. The van der Waals surface area contributed by atoms with Gasteiger partial charge in [0, 0.05) is 19.8 Å². The first-order valence-electron chi connectivity index (χ1n) is 5.56. The molecular weight excluding hydrogens is 230 g/mol. The number of anilines is 1. The highest BCUT2D eigenvalue weighted by Crippen LogP contribution is 2.18. The minimum atomic E-state index is -0.955. The predicted octanol–water partition coefficient (Wildman–Crippen LogP) is 1.94. The van der Waals surface area contributed by atoms with E-state index in [1.54, 1.807) is 11.6 Å². The van der Waals surface area contributed by atoms with Crippen LogP contribution in [0.3, 0.4) is 0 Å². The number of aromatic nitrogens is 2. The molecule has 18 heavy (non-hydrogen) atoms. The Bertz CT molecular complexity index is 570. The molecule has 1 N–H and O–H groups in total. The van der Waals surface area contributed by atoms with Crippen LogP contribution in [0.2, 0.25) is 0 Å². The fourth-order valence-electron chi connectivity index (χ4n) is 1.77. The Morgan fingerprint density at radius 3 is 2.33 bits per heavy atom. The first-order chi connectivity index (χ1) is 8.50. The Hall–Kier alpha value is -2.30. The Labute approximate surface area is 105 Å². The standard InChI is InChI=1S/C13H15N3O2/c1-9-12(13(17)18)8-14-16(9)11-6-4-10(5-7-11)15(2)3/h4-8H,1-3H3,(H,17,18). The second-order valence-corrected chi connectivity index (χ2v) is 4.27. The van der Waals surface area contributed by atoms with Gasteiger partial charge < -0.3 is 10.0 Å². The average molecular weight is 245 g/mol. The van der Waals surface area contributed by atoms with Crippen LogP contribution in [0.15, 0.2) is 30.5 Å². The molecule has 5 nitrogen and oxygen atoms in total. The van der Waals surface area contributed by atoms with Crippen molar-refractivity contribution in [1.82, 2.24) is 9.78 Å². The highest BCUT2D eigenvalue weighted by molar-refractivity contribution is 5.88. The van der Waals surface area contributed by atoms with E-state index in [2.05, 4.69) is 5.10 Å². The van der Waals surface area contributed by atoms with E-state index in [1.807, 2.05) is 43.3 Å². The van der Waals surface area contributed by atoms with Crippen LogP contribution in [-0.2, 0) is 0 Å². The van der Waals surface area contributed by atoms with E-state index in [0.717, 1.165) is 11.4 Å². The quantitative estimate of drug-likeness (QED) is 0.897. The Morgan fingerprint density at radius 1 is 1.28 bits per heavy atom. The lowest BCUT2D eigenvalue weighted by atomic mass is 10.2. The van der Waals surface area contributed by atoms with E-state index in [0.29, 0.717) is 5.69 Å². The first kappa shape index (κ1) is 12.2. The van der Waals surface area contributed by atoms with E-state index < -0.39 is 5.97 Å². The van der Waals surface area contributed by atoms with Crippen LogP contribution in [0.1, 0.15) is 16.1 Å². The summed E-state index contributed by atoms with van der Waals surface area (Å²) in [5.41, 5.74) is 2.79. The van der Waals surface area contributed by atoms with Gasteiger partial charge in [-0.15, -0.1) is 0 Å². The van der Waals surface area contributed by atoms with Gasteiger partial charge in [0.05, 0.1) is 17.6 Å². The van der Waals surface area contributed by atoms with Crippen LogP contribution >= 0.6 is 0 Å². The normalized spacial score (nSPS) is 10.4. The molecule has 0 aliphatic carbocycles. The predicted molar refractivity (Wildman–Crippen MR) is 69.6 cm³/mol. The molecule has 0 spiro atoms. The molecule has 0 radical (unpaired) electrons. The van der Waals surface area contributed by atoms with Crippen LogP contribution in [0.4, 0.5) is 5.69 Å². The summed E-state index contributed by atoms with van der Waals surface area (Å²) in [6, 6.07) is 7.77. The molecule has 0 unspecified atom stereocenters. The second-order valence-electron chi connectivity index (χ2n) is 4.27. The fraction of sp³-hybridized carbons (Fsp3) is 0.231. The number of nitrogens with zero attached hydrogens (tertiary/aromatic N) is 3. The molecule has 0 saturated carbocycles. The number of aromatic carboxylic acids is 1. The molecule has 0 aliphatic rings. The van der Waals surface area contributed by atoms with Crippen molar-refractivity contribution in [2.24, 2.45) is 0 Å². The summed E-state index contributed by atoms with van der Waals surface area (Å²) in [6.07, 6.45) is 1.37. The maximum absolute atomic E-state index is 10.9. The minimum absolute atomic E-state index is 0.228. The van der Waals surface area contributed by atoms with Gasteiger partial charge in [0.2, 0.25) is 0 Å². The fourth-order valence-corrected chi connectivity index (χ4v) is 1.77. The molecule has 0 amide bonds. The number of carboxylic acids is 1. The van der Waals surface area contributed by atoms with Crippen molar-refractivity contribution in [3.8, 4) is 5.69 Å². The minimum Gasteiger partial charge on any atom is -0.478 e. The maximum Gasteiger partial charge on any atom is 0.339 e. The van der Waals surface area contributed by atoms with Crippen molar-refractivity contribution < 1.29 is 9.90 Å². The SMILES string of the molecule is Cc1c(C(=O)O)cnn1-c1ccc(N(C)C)cc1. The van der Waals surface area contributed by atoms with Gasteiger partial charge in [0.25, 0.3) is 0 Å². The van der Waals surface area contributed by atoms with Gasteiger partial charge in [-0.2, -0.15) is 5.10 Å². The second kappa shape index (κ2) is 4.52. The van der Waals surface area contributed by atoms with Gasteiger partial charge in [0.15, 0.2) is 0 Å². The Balaban J connectivity index is 2.40. The largest absolute Gasteiger partial charge is 0.478 e. The van der Waals surface area contributed by atoms with Crippen LogP contribution in [0.25, 0.3) is 5.69 Å². The van der Waals surface area contributed by atoms with Crippen molar-refractivity contribution in [1.29, 1.82) is 0 Å². The molecule has 5 heteroatoms. The zero-order valence-corrected chi connectivity index (χ0v) is 10.6. The lowest BCUT2D eigenvalue weighted by molar-refractivity contribution is 0.0696. The van der Waals surface area contributed by atoms with Crippen molar-refractivity contribution >= 4 is 11.7 Å². The number of carboxylic acid groups (broad SMARTS) is 1. The highest BCUT2D eigenvalue weighted by Gasteiger charge is 2.13. The van der Waals surface area contributed by atoms with E-state index in [9.17, 15) is 4.79 Å². The molecule has 0 saturated heterocycles. The lowest BCUT2D eigenvalue weighted by Gasteiger charge is -2.13. The van der Waals surface area contributed by atoms with Gasteiger partial charge in [-0.3, -0.25) is 0 Å². The Morgan fingerprint density at radius 2 is 1.89 bits per heavy atom. The van der Waals surface area contributed by atoms with E-state index in [-0.39, 0.29) is 5.56 Å². The Kier molecular flexibility index (Phi) is 3.06. The summed E-state index contributed by atoms with van der Waals surface area (Å²) >= 11 is 0. The van der Waals surface area contributed by atoms with E-state index in [4.69, 9.17) is 5.11 Å². The number of benzene rings is 1. The molecule has 94 valence electrons. The average Bonchev–Trinajstić information content (AvgIpc) is 2.71. The molecular formula is C13H15N3O2. The summed E-state index contributed by atoms with van der Waals surface area (Å²) in [6.45, 7) is 1.75. The van der Waals surface area contributed by atoms with E-state index in [1.165, 1.54) is 6.20 Å². The highest BCUT2D eigenvalue weighted by atomic mass is 16.4. The smallest absolute Gasteiger partial charge is 0.339 e. The van der Waals surface area contributed by atoms with Gasteiger partial charge in [0.1, 0.15) is 5.56 Å². The zero-order chi connectivity index (χ0) is 13.3. The molecule has 1 aromatic heterocycles. The third-order valence-corrected chi connectivity index (χ3v) is 2.85. The molecule has 1 heterocycles. The van der Waals surface area contributed by atoms with Crippen molar-refractivity contribution in [2.45, 2.75) is 6.92 Å². The number of carbonyl (C=O) groups is 1. The molecule has 0 fully saturated rings. The maximum atomic E-state index is 10.9. The summed E-state index contributed by atoms with van der Waals surface area (Å²) in [5.74, 6) is -0.955. The summed E-state index contributed by atoms with van der Waals surface area (Å²) in [5, 5.41) is 13.1. The summed E-state index contributed by atoms with van der Waals surface area (Å²) in [7, 11) is 3.94. The molecule has 0 aliphatic heterocycles. The van der Waals surface area contributed by atoms with Crippen molar-refractivity contribution in [2.75, 3.05) is 19.0 Å². The van der Waals surface area contributed by atoms with Crippen LogP contribution < -0.4 is 4.90 Å². The molecule has 0 atom stereocenters. The van der Waals surface area contributed by atoms with Gasteiger partial charge in [-0.1, -0.05) is 0 Å². The van der Waals surface area contributed by atoms with Crippen LogP contribution in [0, 0.1) is 6.92 Å². The molecule has 2 aromatic rings. The van der Waals surface area contributed by atoms with Crippen molar-refractivity contribution in [3.63, 3.8) is 0 Å². The van der Waals surface area contributed by atoms with Crippen molar-refractivity contribution in [3.05, 3.63) is 41.7 Å². The number of hydrogen-bond donors (Lipinski definition) is 1. The third kappa shape index (κ3) is 2.07. The van der Waals surface area contributed by atoms with Crippen LogP contribution in [-0.4, -0.2) is 35.0 Å². The lowest BCUT2D eigenvalue weighted by Crippen LogP contribution is -2.08. The number of rotatable bonds is 3. The topological polar surface area (TPSA) is 58.4 Å².